The Bertz CT molecular complexity index is 3270. The standard InChI is InChI=1S/C49H33N3/c1-49(2)40-17-8-6-13-32(40)38-27-30(19-23-41(38)49)51(29-11-4-3-5-12-29)31-20-24-42-39(28-31)46-34-22-26-45-47(35(34)21-25-43(46)50-42)37-16-10-15-36-33-14-7-9-18-44(33)52(45)48(36)37/h3-28,50H,1-2H3. The van der Waals surface area contributed by atoms with Crippen molar-refractivity contribution in [3.05, 3.63) is 169 Å². The number of para-hydroxylation sites is 3. The van der Waals surface area contributed by atoms with Gasteiger partial charge in [-0.25, -0.2) is 0 Å². The second kappa shape index (κ2) is 9.80. The molecule has 0 atom stereocenters. The number of hydrogen-bond donors (Lipinski definition) is 1. The van der Waals surface area contributed by atoms with Crippen LogP contribution in [0.4, 0.5) is 17.1 Å². The molecule has 3 heterocycles. The van der Waals surface area contributed by atoms with Crippen LogP contribution < -0.4 is 4.90 Å². The number of nitrogens with zero attached hydrogens (tertiary/aromatic N) is 2. The summed E-state index contributed by atoms with van der Waals surface area (Å²) < 4.78 is 2.47. The van der Waals surface area contributed by atoms with Crippen LogP contribution in [0.5, 0.6) is 0 Å². The Morgan fingerprint density at radius 3 is 2.06 bits per heavy atom. The van der Waals surface area contributed by atoms with Gasteiger partial charge in [0.05, 0.1) is 16.6 Å². The fourth-order valence-electron chi connectivity index (χ4n) is 9.73. The summed E-state index contributed by atoms with van der Waals surface area (Å²) in [4.78, 5) is 6.18. The van der Waals surface area contributed by atoms with Gasteiger partial charge < -0.3 is 14.3 Å². The number of benzene rings is 8. The molecule has 1 aliphatic carbocycles. The quantitative estimate of drug-likeness (QED) is 0.200. The van der Waals surface area contributed by atoms with E-state index in [1.54, 1.807) is 0 Å². The van der Waals surface area contributed by atoms with Crippen molar-refractivity contribution in [3.63, 3.8) is 0 Å². The number of rotatable bonds is 3. The molecule has 1 aliphatic rings. The maximum Gasteiger partial charge on any atom is 0.0620 e. The van der Waals surface area contributed by atoms with Gasteiger partial charge in [-0.15, -0.1) is 0 Å². The predicted molar refractivity (Wildman–Crippen MR) is 220 cm³/mol. The van der Waals surface area contributed by atoms with Crippen molar-refractivity contribution in [2.45, 2.75) is 19.3 Å². The maximum atomic E-state index is 3.77. The van der Waals surface area contributed by atoms with Gasteiger partial charge in [0, 0.05) is 65.8 Å². The molecule has 12 rings (SSSR count). The molecular formula is C49H33N3. The molecule has 3 heteroatoms. The molecule has 11 aromatic rings. The number of nitrogens with one attached hydrogen (secondary N) is 1. The van der Waals surface area contributed by atoms with Crippen LogP contribution in [0.15, 0.2) is 158 Å². The van der Waals surface area contributed by atoms with E-state index in [4.69, 9.17) is 0 Å². The van der Waals surface area contributed by atoms with Gasteiger partial charge in [-0.2, -0.15) is 0 Å². The number of aromatic nitrogens is 2. The van der Waals surface area contributed by atoms with Crippen LogP contribution in [0, 0.1) is 0 Å². The van der Waals surface area contributed by atoms with E-state index in [1.165, 1.54) is 81.9 Å². The van der Waals surface area contributed by atoms with Crippen molar-refractivity contribution >= 4 is 87.7 Å². The minimum absolute atomic E-state index is 0.0344. The van der Waals surface area contributed by atoms with Gasteiger partial charge in [0.2, 0.25) is 0 Å². The second-order valence-electron chi connectivity index (χ2n) is 15.0. The molecule has 0 spiro atoms. The lowest BCUT2D eigenvalue weighted by Crippen LogP contribution is -2.15. The van der Waals surface area contributed by atoms with Crippen molar-refractivity contribution in [1.29, 1.82) is 0 Å². The first-order valence-electron chi connectivity index (χ1n) is 18.2. The van der Waals surface area contributed by atoms with Crippen LogP contribution in [0.1, 0.15) is 25.0 Å². The highest BCUT2D eigenvalue weighted by Gasteiger charge is 2.35. The van der Waals surface area contributed by atoms with Crippen LogP contribution in [0.3, 0.4) is 0 Å². The number of aromatic amines is 1. The normalized spacial score (nSPS) is 13.7. The zero-order valence-corrected chi connectivity index (χ0v) is 28.9. The molecule has 0 unspecified atom stereocenters. The monoisotopic (exact) mass is 663 g/mol. The van der Waals surface area contributed by atoms with E-state index >= 15 is 0 Å². The van der Waals surface area contributed by atoms with Gasteiger partial charge in [-0.05, 0) is 93.7 Å². The zero-order chi connectivity index (χ0) is 34.3. The molecule has 0 fully saturated rings. The largest absolute Gasteiger partial charge is 0.354 e. The molecule has 0 saturated carbocycles. The lowest BCUT2D eigenvalue weighted by Gasteiger charge is -2.27. The third-order valence-corrected chi connectivity index (χ3v) is 12.0. The second-order valence-corrected chi connectivity index (χ2v) is 15.0. The Labute approximate surface area is 300 Å². The summed E-state index contributed by atoms with van der Waals surface area (Å²) in [6.07, 6.45) is 0. The van der Waals surface area contributed by atoms with Crippen molar-refractivity contribution in [2.24, 2.45) is 0 Å². The van der Waals surface area contributed by atoms with Crippen molar-refractivity contribution in [2.75, 3.05) is 4.90 Å². The van der Waals surface area contributed by atoms with Crippen LogP contribution in [0.25, 0.3) is 81.8 Å². The Morgan fingerprint density at radius 1 is 0.442 bits per heavy atom. The summed E-state index contributed by atoms with van der Waals surface area (Å²) in [5.41, 5.74) is 15.0. The van der Waals surface area contributed by atoms with Gasteiger partial charge in [-0.1, -0.05) is 111 Å². The molecule has 0 radical (unpaired) electrons. The van der Waals surface area contributed by atoms with E-state index in [1.807, 2.05) is 0 Å². The molecule has 52 heavy (non-hydrogen) atoms. The Kier molecular flexibility index (Phi) is 5.31. The predicted octanol–water partition coefficient (Wildman–Crippen LogP) is 13.4. The molecule has 0 bridgehead atoms. The number of anilines is 3. The van der Waals surface area contributed by atoms with Crippen molar-refractivity contribution in [3.8, 4) is 11.1 Å². The van der Waals surface area contributed by atoms with Crippen LogP contribution in [-0.4, -0.2) is 9.38 Å². The summed E-state index contributed by atoms with van der Waals surface area (Å²) in [7, 11) is 0. The smallest absolute Gasteiger partial charge is 0.0620 e. The topological polar surface area (TPSA) is 23.4 Å². The lowest BCUT2D eigenvalue weighted by atomic mass is 9.82. The molecule has 3 nitrogen and oxygen atoms in total. The molecule has 0 saturated heterocycles. The van der Waals surface area contributed by atoms with Gasteiger partial charge in [0.1, 0.15) is 0 Å². The fourth-order valence-corrected chi connectivity index (χ4v) is 9.73. The van der Waals surface area contributed by atoms with E-state index in [2.05, 4.69) is 186 Å². The molecule has 0 amide bonds. The van der Waals surface area contributed by atoms with E-state index in [0.717, 1.165) is 28.1 Å². The van der Waals surface area contributed by atoms with E-state index in [-0.39, 0.29) is 5.41 Å². The highest BCUT2D eigenvalue weighted by atomic mass is 15.1. The fraction of sp³-hybridized carbons (Fsp3) is 0.0612. The third kappa shape index (κ3) is 3.50. The Hall–Kier alpha value is -6.58. The van der Waals surface area contributed by atoms with Crippen molar-refractivity contribution in [1.82, 2.24) is 9.38 Å². The minimum Gasteiger partial charge on any atom is -0.354 e. The van der Waals surface area contributed by atoms with Gasteiger partial charge in [0.15, 0.2) is 0 Å². The molecule has 3 aromatic heterocycles. The average Bonchev–Trinajstić information content (AvgIpc) is 3.90. The van der Waals surface area contributed by atoms with Crippen LogP contribution in [0.2, 0.25) is 0 Å². The first kappa shape index (κ1) is 28.2. The summed E-state index contributed by atoms with van der Waals surface area (Å²) in [5, 5.41) is 10.3. The lowest BCUT2D eigenvalue weighted by molar-refractivity contribution is 0.660. The highest BCUT2D eigenvalue weighted by molar-refractivity contribution is 6.32. The zero-order valence-electron chi connectivity index (χ0n) is 28.9. The average molecular weight is 664 g/mol. The van der Waals surface area contributed by atoms with Crippen LogP contribution in [-0.2, 0) is 5.41 Å². The Morgan fingerprint density at radius 2 is 1.13 bits per heavy atom. The molecule has 8 aromatic carbocycles. The number of fused-ring (bicyclic) bond motifs is 15. The van der Waals surface area contributed by atoms with E-state index in [9.17, 15) is 0 Å². The summed E-state index contributed by atoms with van der Waals surface area (Å²) in [6.45, 7) is 4.69. The summed E-state index contributed by atoms with van der Waals surface area (Å²) in [5.74, 6) is 0. The number of H-pyrrole nitrogens is 1. The van der Waals surface area contributed by atoms with Crippen LogP contribution >= 0.6 is 0 Å². The molecular weight excluding hydrogens is 631 g/mol. The molecule has 1 N–H and O–H groups in total. The highest BCUT2D eigenvalue weighted by Crippen LogP contribution is 2.51. The third-order valence-electron chi connectivity index (χ3n) is 12.0. The Balaban J connectivity index is 1.11. The van der Waals surface area contributed by atoms with E-state index in [0.29, 0.717) is 0 Å². The van der Waals surface area contributed by atoms with Crippen molar-refractivity contribution < 1.29 is 0 Å². The van der Waals surface area contributed by atoms with Gasteiger partial charge in [-0.3, -0.25) is 0 Å². The maximum absolute atomic E-state index is 3.77. The first-order chi connectivity index (χ1) is 25.6. The van der Waals surface area contributed by atoms with E-state index < -0.39 is 0 Å². The SMILES string of the molecule is CC1(C)c2ccccc2-c2cc(N(c3ccccc3)c3ccc4[nH]c5ccc6c(ccc7c6c6cccc8c9ccccc9n7c86)c5c4c3)ccc21. The molecule has 244 valence electrons. The number of hydrogen-bond acceptors (Lipinski definition) is 1. The first-order valence-corrected chi connectivity index (χ1v) is 18.2. The minimum atomic E-state index is -0.0344. The van der Waals surface area contributed by atoms with Gasteiger partial charge in [0.25, 0.3) is 0 Å². The van der Waals surface area contributed by atoms with Gasteiger partial charge >= 0.3 is 0 Å². The molecule has 0 aliphatic heterocycles. The summed E-state index contributed by atoms with van der Waals surface area (Å²) in [6, 6.07) is 58.5. The summed E-state index contributed by atoms with van der Waals surface area (Å²) >= 11 is 0.